The quantitative estimate of drug-likeness (QED) is 0.709. The third-order valence-corrected chi connectivity index (χ3v) is 5.12. The molecule has 1 fully saturated rings. The topological polar surface area (TPSA) is 80.5 Å². The second kappa shape index (κ2) is 8.34. The molecule has 0 radical (unpaired) electrons. The molecule has 0 spiro atoms. The van der Waals surface area contributed by atoms with Gasteiger partial charge in [-0.2, -0.15) is 4.98 Å². The van der Waals surface area contributed by atoms with Crippen molar-refractivity contribution in [1.29, 1.82) is 0 Å². The van der Waals surface area contributed by atoms with E-state index in [1.165, 1.54) is 0 Å². The summed E-state index contributed by atoms with van der Waals surface area (Å²) in [5.74, 6) is 1.93. The summed E-state index contributed by atoms with van der Waals surface area (Å²) in [4.78, 5) is 19.1. The average molecular weight is 392 g/mol. The van der Waals surface area contributed by atoms with E-state index in [9.17, 15) is 4.79 Å². The number of aromatic nitrogens is 2. The molecule has 2 aromatic carbocycles. The van der Waals surface area contributed by atoms with E-state index in [0.717, 1.165) is 35.4 Å². The molecule has 1 unspecified atom stereocenters. The Morgan fingerprint density at radius 1 is 1.24 bits per heavy atom. The van der Waals surface area contributed by atoms with Crippen LogP contribution in [0.1, 0.15) is 30.2 Å². The van der Waals surface area contributed by atoms with Crippen molar-refractivity contribution >= 4 is 11.7 Å². The summed E-state index contributed by atoms with van der Waals surface area (Å²) >= 11 is 0. The zero-order chi connectivity index (χ0) is 20.2. The van der Waals surface area contributed by atoms with E-state index in [1.54, 1.807) is 7.11 Å². The molecular weight excluding hydrogens is 368 g/mol. The zero-order valence-corrected chi connectivity index (χ0v) is 16.6. The highest BCUT2D eigenvalue weighted by molar-refractivity contribution is 5.89. The molecule has 1 aliphatic heterocycles. The standard InChI is InChI=1S/C22H24N4O3/c1-15-5-3-7-18(13-15)23-22(27)26-12-4-6-17(14-26)21-24-20(25-29-21)16-8-10-19(28-2)11-9-16/h3,5,7-11,13,17H,4,6,12,14H2,1-2H3,(H,23,27). The van der Waals surface area contributed by atoms with Gasteiger partial charge in [0.15, 0.2) is 0 Å². The van der Waals surface area contributed by atoms with Crippen LogP contribution in [-0.2, 0) is 0 Å². The molecule has 1 aliphatic rings. The predicted molar refractivity (Wildman–Crippen MR) is 110 cm³/mol. The molecule has 4 rings (SSSR count). The van der Waals surface area contributed by atoms with Crippen LogP contribution in [0.5, 0.6) is 5.75 Å². The van der Waals surface area contributed by atoms with Crippen molar-refractivity contribution in [3.8, 4) is 17.1 Å². The largest absolute Gasteiger partial charge is 0.497 e. The van der Waals surface area contributed by atoms with E-state index in [-0.39, 0.29) is 11.9 Å². The molecule has 1 N–H and O–H groups in total. The number of benzene rings is 2. The summed E-state index contributed by atoms with van der Waals surface area (Å²) in [6.07, 6.45) is 1.81. The second-order valence-corrected chi connectivity index (χ2v) is 7.27. The molecule has 2 amide bonds. The first kappa shape index (κ1) is 19.0. The number of nitrogens with zero attached hydrogens (tertiary/aromatic N) is 3. The monoisotopic (exact) mass is 392 g/mol. The summed E-state index contributed by atoms with van der Waals surface area (Å²) in [7, 11) is 1.63. The second-order valence-electron chi connectivity index (χ2n) is 7.27. The van der Waals surface area contributed by atoms with Crippen molar-refractivity contribution in [3.05, 3.63) is 60.0 Å². The Hall–Kier alpha value is -3.35. The number of carbonyl (C=O) groups excluding carboxylic acids is 1. The van der Waals surface area contributed by atoms with Crippen molar-refractivity contribution < 1.29 is 14.1 Å². The van der Waals surface area contributed by atoms with Crippen LogP contribution in [0.25, 0.3) is 11.4 Å². The van der Waals surface area contributed by atoms with E-state index in [2.05, 4.69) is 15.5 Å². The van der Waals surface area contributed by atoms with Crippen molar-refractivity contribution in [3.63, 3.8) is 0 Å². The van der Waals surface area contributed by atoms with Crippen LogP contribution < -0.4 is 10.1 Å². The Morgan fingerprint density at radius 2 is 2.07 bits per heavy atom. The van der Waals surface area contributed by atoms with E-state index in [1.807, 2.05) is 60.4 Å². The van der Waals surface area contributed by atoms with Gasteiger partial charge in [-0.05, 0) is 61.7 Å². The van der Waals surface area contributed by atoms with Gasteiger partial charge in [0.2, 0.25) is 11.7 Å². The number of hydrogen-bond donors (Lipinski definition) is 1. The summed E-state index contributed by atoms with van der Waals surface area (Å²) in [5.41, 5.74) is 2.78. The van der Waals surface area contributed by atoms with E-state index >= 15 is 0 Å². The number of amides is 2. The number of aryl methyl sites for hydroxylation is 1. The minimum absolute atomic E-state index is 0.0338. The molecule has 1 saturated heterocycles. The Balaban J connectivity index is 1.43. The molecule has 3 aromatic rings. The molecule has 150 valence electrons. The highest BCUT2D eigenvalue weighted by Crippen LogP contribution is 2.28. The van der Waals surface area contributed by atoms with Crippen LogP contribution in [-0.4, -0.2) is 41.3 Å². The fraction of sp³-hybridized carbons (Fsp3) is 0.318. The Morgan fingerprint density at radius 3 is 2.83 bits per heavy atom. The molecular formula is C22H24N4O3. The number of hydrogen-bond acceptors (Lipinski definition) is 5. The summed E-state index contributed by atoms with van der Waals surface area (Å²) in [5, 5.41) is 7.09. The first-order valence-electron chi connectivity index (χ1n) is 9.73. The number of likely N-dealkylation sites (tertiary alicyclic amines) is 1. The first-order chi connectivity index (χ1) is 14.1. The molecule has 0 saturated carbocycles. The fourth-order valence-electron chi connectivity index (χ4n) is 3.55. The molecule has 29 heavy (non-hydrogen) atoms. The van der Waals surface area contributed by atoms with Crippen molar-refractivity contribution in [2.24, 2.45) is 0 Å². The van der Waals surface area contributed by atoms with Crippen molar-refractivity contribution in [1.82, 2.24) is 15.0 Å². The fourth-order valence-corrected chi connectivity index (χ4v) is 3.55. The number of anilines is 1. The minimum Gasteiger partial charge on any atom is -0.497 e. The van der Waals surface area contributed by atoms with Gasteiger partial charge in [0.25, 0.3) is 0 Å². The molecule has 2 heterocycles. The van der Waals surface area contributed by atoms with Gasteiger partial charge in [-0.25, -0.2) is 4.79 Å². The minimum atomic E-state index is -0.102. The zero-order valence-electron chi connectivity index (χ0n) is 16.6. The van der Waals surface area contributed by atoms with Gasteiger partial charge < -0.3 is 19.5 Å². The third-order valence-electron chi connectivity index (χ3n) is 5.12. The van der Waals surface area contributed by atoms with Crippen LogP contribution in [0, 0.1) is 6.92 Å². The van der Waals surface area contributed by atoms with Gasteiger partial charge in [0.1, 0.15) is 5.75 Å². The number of urea groups is 1. The molecule has 1 atom stereocenters. The van der Waals surface area contributed by atoms with Crippen LogP contribution >= 0.6 is 0 Å². The van der Waals surface area contributed by atoms with Gasteiger partial charge in [-0.1, -0.05) is 17.3 Å². The SMILES string of the molecule is COc1ccc(-c2noc(C3CCCN(C(=O)Nc4cccc(C)c4)C3)n2)cc1. The average Bonchev–Trinajstić information content (AvgIpc) is 3.24. The maximum absolute atomic E-state index is 12.7. The third kappa shape index (κ3) is 4.39. The summed E-state index contributed by atoms with van der Waals surface area (Å²) < 4.78 is 10.7. The van der Waals surface area contributed by atoms with Gasteiger partial charge in [0, 0.05) is 24.3 Å². The van der Waals surface area contributed by atoms with Crippen LogP contribution in [0.15, 0.2) is 53.1 Å². The molecule has 0 aliphatic carbocycles. The van der Waals surface area contributed by atoms with E-state index in [4.69, 9.17) is 9.26 Å². The number of carbonyl (C=O) groups is 1. The number of methoxy groups -OCH3 is 1. The van der Waals surface area contributed by atoms with Crippen LogP contribution in [0.2, 0.25) is 0 Å². The lowest BCUT2D eigenvalue weighted by Gasteiger charge is -2.31. The van der Waals surface area contributed by atoms with Gasteiger partial charge in [-0.15, -0.1) is 0 Å². The lowest BCUT2D eigenvalue weighted by atomic mass is 9.98. The molecule has 1 aromatic heterocycles. The summed E-state index contributed by atoms with van der Waals surface area (Å²) in [6.45, 7) is 3.28. The highest BCUT2D eigenvalue weighted by atomic mass is 16.5. The van der Waals surface area contributed by atoms with Gasteiger partial charge in [0.05, 0.1) is 13.0 Å². The maximum atomic E-state index is 12.7. The summed E-state index contributed by atoms with van der Waals surface area (Å²) in [6, 6.07) is 15.2. The lowest BCUT2D eigenvalue weighted by molar-refractivity contribution is 0.184. The normalized spacial score (nSPS) is 16.5. The highest BCUT2D eigenvalue weighted by Gasteiger charge is 2.28. The number of ether oxygens (including phenoxy) is 1. The number of piperidine rings is 1. The van der Waals surface area contributed by atoms with E-state index < -0.39 is 0 Å². The predicted octanol–water partition coefficient (Wildman–Crippen LogP) is 4.47. The van der Waals surface area contributed by atoms with Gasteiger partial charge in [-0.3, -0.25) is 0 Å². The molecule has 0 bridgehead atoms. The Kier molecular flexibility index (Phi) is 5.46. The number of rotatable bonds is 4. The van der Waals surface area contributed by atoms with Crippen LogP contribution in [0.3, 0.4) is 0 Å². The number of nitrogens with one attached hydrogen (secondary N) is 1. The Labute approximate surface area is 169 Å². The maximum Gasteiger partial charge on any atom is 0.321 e. The smallest absolute Gasteiger partial charge is 0.321 e. The Bertz CT molecular complexity index is 984. The van der Waals surface area contributed by atoms with E-state index in [0.29, 0.717) is 24.8 Å². The van der Waals surface area contributed by atoms with Crippen LogP contribution in [0.4, 0.5) is 10.5 Å². The molecule has 7 heteroatoms. The first-order valence-corrected chi connectivity index (χ1v) is 9.73. The van der Waals surface area contributed by atoms with Gasteiger partial charge >= 0.3 is 6.03 Å². The molecule has 7 nitrogen and oxygen atoms in total. The lowest BCUT2D eigenvalue weighted by Crippen LogP contribution is -2.41. The van der Waals surface area contributed by atoms with Crippen molar-refractivity contribution in [2.45, 2.75) is 25.7 Å². The van der Waals surface area contributed by atoms with Crippen molar-refractivity contribution in [2.75, 3.05) is 25.5 Å².